The molecule has 0 heterocycles. The molecule has 0 rings (SSSR count). The minimum atomic E-state index is -0.807. The van der Waals surface area contributed by atoms with Gasteiger partial charge in [-0.25, -0.2) is 4.39 Å². The number of rotatable bonds is 3. The molecule has 0 aliphatic heterocycles. The summed E-state index contributed by atoms with van der Waals surface area (Å²) in [5.41, 5.74) is 0. The fraction of sp³-hybridized carbons (Fsp3) is 0.833. The van der Waals surface area contributed by atoms with Crippen molar-refractivity contribution in [3.05, 3.63) is 0 Å². The van der Waals surface area contributed by atoms with Gasteiger partial charge in [0.25, 0.3) is 0 Å². The van der Waals surface area contributed by atoms with Crippen molar-refractivity contribution in [3.63, 3.8) is 0 Å². The summed E-state index contributed by atoms with van der Waals surface area (Å²) in [5.74, 6) is -0.00162. The Balaban J connectivity index is -0.000000245. The van der Waals surface area contributed by atoms with Crippen LogP contribution in [-0.2, 0) is 4.79 Å². The normalized spacial score (nSPS) is 8.89. The van der Waals surface area contributed by atoms with Gasteiger partial charge in [-0.2, -0.15) is 0 Å². The first-order valence-corrected chi connectivity index (χ1v) is 2.74. The molecule has 0 aromatic heterocycles. The Morgan fingerprint density at radius 1 is 1.67 bits per heavy atom. The van der Waals surface area contributed by atoms with E-state index in [9.17, 15) is 9.18 Å². The summed E-state index contributed by atoms with van der Waals surface area (Å²) in [7, 11) is 0. The number of ketones is 1. The zero-order valence-corrected chi connectivity index (χ0v) is 8.28. The average molecular weight is 142 g/mol. The fourth-order valence-electron chi connectivity index (χ4n) is 0.510. The number of carbonyl (C=O) groups is 1. The smallest absolute Gasteiger partial charge is 1.00 e. The predicted molar refractivity (Wildman–Crippen MR) is 31.5 cm³/mol. The Morgan fingerprint density at radius 2 is 2.11 bits per heavy atom. The van der Waals surface area contributed by atoms with Crippen molar-refractivity contribution in [1.82, 2.24) is 0 Å². The number of alkyl halides is 1. The maximum Gasteiger partial charge on any atom is 1.00 e. The van der Waals surface area contributed by atoms with Gasteiger partial charge in [-0.1, -0.05) is 13.8 Å². The Morgan fingerprint density at radius 3 is 2.22 bits per heavy atom. The summed E-state index contributed by atoms with van der Waals surface area (Å²) in [5, 5.41) is 0. The van der Waals surface area contributed by atoms with Crippen molar-refractivity contribution in [1.29, 1.82) is 0 Å². The first-order valence-electron chi connectivity index (χ1n) is 2.74. The van der Waals surface area contributed by atoms with Gasteiger partial charge >= 0.3 is 29.6 Å². The average Bonchev–Trinajstić information content (AvgIpc) is 1.65. The molecule has 0 atom stereocenters. The molecule has 0 bridgehead atoms. The van der Waals surface area contributed by atoms with Crippen LogP contribution in [0.1, 0.15) is 21.7 Å². The van der Waals surface area contributed by atoms with Gasteiger partial charge in [-0.3, -0.25) is 4.79 Å². The molecular formula is C6H12FNaO. The summed E-state index contributed by atoms with van der Waals surface area (Å²) in [6.07, 6.45) is 0.372. The first kappa shape index (κ1) is 12.3. The van der Waals surface area contributed by atoms with E-state index < -0.39 is 6.67 Å². The number of halogens is 1. The van der Waals surface area contributed by atoms with Crippen LogP contribution in [0.15, 0.2) is 0 Å². The minimum Gasteiger partial charge on any atom is -1.00 e. The summed E-state index contributed by atoms with van der Waals surface area (Å²) >= 11 is 0. The summed E-state index contributed by atoms with van der Waals surface area (Å²) < 4.78 is 11.4. The van der Waals surface area contributed by atoms with E-state index in [1.165, 1.54) is 0 Å². The summed E-state index contributed by atoms with van der Waals surface area (Å²) in [6, 6.07) is 0. The Bertz CT molecular complexity index is 87.8. The Labute approximate surface area is 78.8 Å². The van der Waals surface area contributed by atoms with E-state index in [0.717, 1.165) is 0 Å². The molecule has 0 amide bonds. The van der Waals surface area contributed by atoms with Crippen LogP contribution in [0.4, 0.5) is 4.39 Å². The topological polar surface area (TPSA) is 17.1 Å². The molecular weight excluding hydrogens is 130 g/mol. The maximum atomic E-state index is 11.4. The van der Waals surface area contributed by atoms with Gasteiger partial charge in [-0.15, -0.1) is 0 Å². The number of Topliss-reactive ketones (excluding diaryl/α,β-unsaturated/α-hetero) is 1. The summed E-state index contributed by atoms with van der Waals surface area (Å²) in [4.78, 5) is 10.2. The van der Waals surface area contributed by atoms with E-state index in [1.807, 2.05) is 13.8 Å². The van der Waals surface area contributed by atoms with Crippen LogP contribution >= 0.6 is 0 Å². The standard InChI is InChI=1S/C6H11FO.Na.H/c1-5(2)3-6(8)4-7;;/h5H,3-4H2,1-2H3;;/q;+1;-1. The molecule has 0 N–H and O–H groups in total. The van der Waals surface area contributed by atoms with Crippen LogP contribution in [0.25, 0.3) is 0 Å². The minimum absolute atomic E-state index is 0. The van der Waals surface area contributed by atoms with Crippen molar-refractivity contribution in [3.8, 4) is 0 Å². The molecule has 0 aliphatic carbocycles. The first-order chi connectivity index (χ1) is 3.66. The molecule has 0 radical (unpaired) electrons. The molecule has 0 saturated carbocycles. The van der Waals surface area contributed by atoms with Gasteiger partial charge < -0.3 is 1.43 Å². The zero-order chi connectivity index (χ0) is 6.57. The molecule has 0 aliphatic rings. The van der Waals surface area contributed by atoms with Crippen LogP contribution in [0, 0.1) is 5.92 Å². The molecule has 3 heteroatoms. The van der Waals surface area contributed by atoms with Crippen LogP contribution in [-0.4, -0.2) is 12.5 Å². The molecule has 1 nitrogen and oxygen atoms in total. The van der Waals surface area contributed by atoms with Crippen molar-refractivity contribution >= 4 is 5.78 Å². The second-order valence-electron chi connectivity index (χ2n) is 2.27. The van der Waals surface area contributed by atoms with E-state index >= 15 is 0 Å². The molecule has 0 spiro atoms. The predicted octanol–water partition coefficient (Wildman–Crippen LogP) is -1.31. The van der Waals surface area contributed by atoms with Gasteiger partial charge in [0.05, 0.1) is 0 Å². The van der Waals surface area contributed by atoms with E-state index in [2.05, 4.69) is 0 Å². The van der Waals surface area contributed by atoms with Gasteiger partial charge in [0, 0.05) is 6.42 Å². The molecule has 50 valence electrons. The molecule has 0 aromatic carbocycles. The Kier molecular flexibility index (Phi) is 9.17. The zero-order valence-electron chi connectivity index (χ0n) is 7.28. The number of hydrogen-bond donors (Lipinski definition) is 0. The van der Waals surface area contributed by atoms with Crippen LogP contribution < -0.4 is 29.6 Å². The molecule has 0 aromatic rings. The Hall–Kier alpha value is 0.600. The molecule has 0 saturated heterocycles. The van der Waals surface area contributed by atoms with Crippen molar-refractivity contribution in [2.75, 3.05) is 6.67 Å². The third-order valence-electron chi connectivity index (χ3n) is 0.785. The van der Waals surface area contributed by atoms with E-state index in [0.29, 0.717) is 12.3 Å². The molecule has 0 fully saturated rings. The van der Waals surface area contributed by atoms with Crippen LogP contribution in [0.3, 0.4) is 0 Å². The second-order valence-corrected chi connectivity index (χ2v) is 2.27. The van der Waals surface area contributed by atoms with Crippen molar-refractivity contribution in [2.24, 2.45) is 5.92 Å². The van der Waals surface area contributed by atoms with Gasteiger partial charge in [0.15, 0.2) is 5.78 Å². The summed E-state index contributed by atoms with van der Waals surface area (Å²) in [6.45, 7) is 2.99. The van der Waals surface area contributed by atoms with Gasteiger partial charge in [0.1, 0.15) is 6.67 Å². The van der Waals surface area contributed by atoms with Gasteiger partial charge in [0.2, 0.25) is 0 Å². The fourth-order valence-corrected chi connectivity index (χ4v) is 0.510. The third kappa shape index (κ3) is 8.60. The van der Waals surface area contributed by atoms with Crippen LogP contribution in [0.5, 0.6) is 0 Å². The molecule has 9 heavy (non-hydrogen) atoms. The molecule has 0 unspecified atom stereocenters. The maximum absolute atomic E-state index is 11.4. The van der Waals surface area contributed by atoms with Crippen molar-refractivity contribution < 1.29 is 40.2 Å². The van der Waals surface area contributed by atoms with Crippen molar-refractivity contribution in [2.45, 2.75) is 20.3 Å². The third-order valence-corrected chi connectivity index (χ3v) is 0.785. The van der Waals surface area contributed by atoms with E-state index in [1.54, 1.807) is 0 Å². The second kappa shape index (κ2) is 6.72. The van der Waals surface area contributed by atoms with E-state index in [4.69, 9.17) is 0 Å². The number of carbonyl (C=O) groups excluding carboxylic acids is 1. The number of hydrogen-bond acceptors (Lipinski definition) is 1. The largest absolute Gasteiger partial charge is 1.00 e. The van der Waals surface area contributed by atoms with Crippen LogP contribution in [0.2, 0.25) is 0 Å². The SMILES string of the molecule is CC(C)CC(=O)CF.[H-].[Na+]. The van der Waals surface area contributed by atoms with E-state index in [-0.39, 0.29) is 36.8 Å². The quantitative estimate of drug-likeness (QED) is 0.447. The van der Waals surface area contributed by atoms with Gasteiger partial charge in [-0.05, 0) is 5.92 Å². The monoisotopic (exact) mass is 142 g/mol.